The number of rotatable bonds is 4. The van der Waals surface area contributed by atoms with Crippen molar-refractivity contribution < 1.29 is 51.0 Å². The van der Waals surface area contributed by atoms with Crippen LogP contribution in [-0.2, 0) is 26.2 Å². The van der Waals surface area contributed by atoms with E-state index >= 15 is 0 Å². The van der Waals surface area contributed by atoms with Gasteiger partial charge >= 0.3 is 26.2 Å². The van der Waals surface area contributed by atoms with Crippen molar-refractivity contribution in [1.29, 1.82) is 0 Å². The second-order valence-electron chi connectivity index (χ2n) is 11.3. The third kappa shape index (κ3) is 8.30. The second-order valence-corrected chi connectivity index (χ2v) is 11.3. The minimum absolute atomic E-state index is 0. The molecule has 0 bridgehead atoms. The molecule has 0 aromatic rings. The molecular formula is C28H46Cl2Zr. The van der Waals surface area contributed by atoms with Gasteiger partial charge in [-0.3, -0.25) is 0 Å². The van der Waals surface area contributed by atoms with E-state index in [0.29, 0.717) is 10.8 Å². The second kappa shape index (κ2) is 13.3. The maximum Gasteiger partial charge on any atom is 4.00 e. The molecule has 2 atom stereocenters. The third-order valence-corrected chi connectivity index (χ3v) is 7.83. The summed E-state index contributed by atoms with van der Waals surface area (Å²) in [7, 11) is 0. The van der Waals surface area contributed by atoms with Gasteiger partial charge in [0.25, 0.3) is 0 Å². The van der Waals surface area contributed by atoms with Crippen LogP contribution in [-0.4, -0.2) is 0 Å². The molecule has 2 unspecified atom stereocenters. The summed E-state index contributed by atoms with van der Waals surface area (Å²) in [6.45, 7) is 27.6. The summed E-state index contributed by atoms with van der Waals surface area (Å²) in [5.74, 6) is 0. The molecule has 2 aliphatic carbocycles. The molecule has 0 heterocycles. The molecule has 0 aromatic carbocycles. The maximum atomic E-state index is 3.53. The molecule has 0 fully saturated rings. The van der Waals surface area contributed by atoms with Crippen molar-refractivity contribution in [3.8, 4) is 0 Å². The standard InChI is InChI=1S/2C14H23.2ClH.Zr/c2*1-7-14(6,13(3,4)5)12-9-8-11(2)10-12;;;/h2*9H,7-8H2,1-6H3;2*1H;/q2*-1;;;+4/p-2. The van der Waals surface area contributed by atoms with E-state index in [2.05, 4.69) is 107 Å². The number of allylic oxidation sites excluding steroid dienone is 8. The van der Waals surface area contributed by atoms with Crippen LogP contribution in [0.5, 0.6) is 0 Å². The number of halogens is 2. The van der Waals surface area contributed by atoms with Gasteiger partial charge in [-0.15, -0.1) is 0 Å². The Balaban J connectivity index is -0.000000461. The van der Waals surface area contributed by atoms with E-state index in [1.54, 1.807) is 0 Å². The Labute approximate surface area is 226 Å². The van der Waals surface area contributed by atoms with E-state index in [0.717, 1.165) is 12.8 Å². The zero-order chi connectivity index (χ0) is 22.0. The van der Waals surface area contributed by atoms with Crippen LogP contribution in [0.15, 0.2) is 34.4 Å². The monoisotopic (exact) mass is 542 g/mol. The summed E-state index contributed by atoms with van der Waals surface area (Å²) in [4.78, 5) is 0. The minimum Gasteiger partial charge on any atom is -1.00 e. The Morgan fingerprint density at radius 3 is 1.03 bits per heavy atom. The predicted octanol–water partition coefficient (Wildman–Crippen LogP) is 3.06. The predicted molar refractivity (Wildman–Crippen MR) is 126 cm³/mol. The van der Waals surface area contributed by atoms with Gasteiger partial charge in [0.05, 0.1) is 0 Å². The zero-order valence-corrected chi connectivity index (χ0v) is 26.2. The van der Waals surface area contributed by atoms with Crippen molar-refractivity contribution in [2.45, 2.75) is 109 Å². The largest absolute Gasteiger partial charge is 4.00 e. The van der Waals surface area contributed by atoms with Crippen LogP contribution in [0.2, 0.25) is 0 Å². The van der Waals surface area contributed by atoms with Crippen molar-refractivity contribution in [3.63, 3.8) is 0 Å². The summed E-state index contributed by atoms with van der Waals surface area (Å²) in [5, 5.41) is 0. The summed E-state index contributed by atoms with van der Waals surface area (Å²) >= 11 is 0. The van der Waals surface area contributed by atoms with Crippen LogP contribution in [0.25, 0.3) is 0 Å². The first-order valence-electron chi connectivity index (χ1n) is 11.2. The fourth-order valence-electron chi connectivity index (χ4n) is 4.15. The molecule has 0 amide bonds. The van der Waals surface area contributed by atoms with Crippen molar-refractivity contribution in [1.82, 2.24) is 0 Å². The summed E-state index contributed by atoms with van der Waals surface area (Å²) in [5.41, 5.74) is 6.76. The SMILES string of the molecule is CCC(C)(C1=CCC(C)=[C-]1)C(C)(C)C.CCC(C)(C1=CCC(C)=[C-]1)C(C)(C)C.[Cl-].[Cl-].[Zr+4]. The molecule has 0 spiro atoms. The van der Waals surface area contributed by atoms with Gasteiger partial charge in [0.2, 0.25) is 0 Å². The molecule has 2 aliphatic rings. The molecule has 31 heavy (non-hydrogen) atoms. The molecule has 0 radical (unpaired) electrons. The Morgan fingerprint density at radius 2 is 0.903 bits per heavy atom. The van der Waals surface area contributed by atoms with Gasteiger partial charge in [-0.1, -0.05) is 95.9 Å². The molecule has 3 heteroatoms. The van der Waals surface area contributed by atoms with Gasteiger partial charge < -0.3 is 24.8 Å². The normalized spacial score (nSPS) is 19.5. The average molecular weight is 545 g/mol. The average Bonchev–Trinajstić information content (AvgIpc) is 3.20. The van der Waals surface area contributed by atoms with Gasteiger partial charge in [0, 0.05) is 0 Å². The molecule has 0 saturated carbocycles. The molecule has 0 nitrogen and oxygen atoms in total. The van der Waals surface area contributed by atoms with Crippen LogP contribution >= 0.6 is 0 Å². The van der Waals surface area contributed by atoms with Crippen molar-refractivity contribution in [2.75, 3.05) is 0 Å². The third-order valence-electron chi connectivity index (χ3n) is 7.83. The molecule has 2 rings (SSSR count). The number of hydrogen-bond acceptors (Lipinski definition) is 0. The summed E-state index contributed by atoms with van der Waals surface area (Å²) < 4.78 is 0. The van der Waals surface area contributed by atoms with Crippen LogP contribution in [0.3, 0.4) is 0 Å². The Kier molecular flexibility index (Phi) is 15.5. The van der Waals surface area contributed by atoms with E-state index in [1.807, 2.05) is 0 Å². The molecule has 0 aromatic heterocycles. The van der Waals surface area contributed by atoms with E-state index in [-0.39, 0.29) is 61.8 Å². The van der Waals surface area contributed by atoms with E-state index in [1.165, 1.54) is 35.1 Å². The Morgan fingerprint density at radius 1 is 0.645 bits per heavy atom. The van der Waals surface area contributed by atoms with E-state index in [9.17, 15) is 0 Å². The fourth-order valence-corrected chi connectivity index (χ4v) is 4.15. The molecule has 0 N–H and O–H groups in total. The van der Waals surface area contributed by atoms with Crippen molar-refractivity contribution in [2.24, 2.45) is 21.7 Å². The quantitative estimate of drug-likeness (QED) is 0.478. The van der Waals surface area contributed by atoms with Crippen LogP contribution in [0.4, 0.5) is 0 Å². The molecular weight excluding hydrogens is 498 g/mol. The minimum atomic E-state index is 0. The zero-order valence-electron chi connectivity index (χ0n) is 22.2. The van der Waals surface area contributed by atoms with Crippen LogP contribution < -0.4 is 24.8 Å². The van der Waals surface area contributed by atoms with Crippen molar-refractivity contribution >= 4 is 0 Å². The van der Waals surface area contributed by atoms with Crippen LogP contribution in [0, 0.1) is 33.8 Å². The van der Waals surface area contributed by atoms with Gasteiger partial charge in [0.15, 0.2) is 0 Å². The first-order valence-corrected chi connectivity index (χ1v) is 11.2. The van der Waals surface area contributed by atoms with Gasteiger partial charge in [-0.25, -0.2) is 35.5 Å². The fraction of sp³-hybridized carbons (Fsp3) is 0.714. The molecule has 0 saturated heterocycles. The van der Waals surface area contributed by atoms with Gasteiger partial charge in [-0.2, -0.15) is 11.1 Å². The smallest absolute Gasteiger partial charge is 1.00 e. The summed E-state index contributed by atoms with van der Waals surface area (Å²) in [6.07, 6.45) is 16.3. The van der Waals surface area contributed by atoms with Crippen LogP contribution in [0.1, 0.15) is 109 Å². The molecule has 0 aliphatic heterocycles. The Hall–Kier alpha value is 0.423. The van der Waals surface area contributed by atoms with E-state index < -0.39 is 0 Å². The van der Waals surface area contributed by atoms with Gasteiger partial charge in [-0.05, 0) is 34.5 Å². The van der Waals surface area contributed by atoms with E-state index in [4.69, 9.17) is 0 Å². The topological polar surface area (TPSA) is 0 Å². The maximum absolute atomic E-state index is 3.53. The van der Waals surface area contributed by atoms with Crippen molar-refractivity contribution in [3.05, 3.63) is 46.6 Å². The molecule has 176 valence electrons. The first-order chi connectivity index (χ1) is 12.6. The van der Waals surface area contributed by atoms with Gasteiger partial charge in [0.1, 0.15) is 0 Å². The summed E-state index contributed by atoms with van der Waals surface area (Å²) in [6, 6.07) is 0. The number of hydrogen-bond donors (Lipinski definition) is 0. The first kappa shape index (κ1) is 36.0. The Bertz CT molecular complexity index is 623.